The predicted octanol–water partition coefficient (Wildman–Crippen LogP) is 1.79. The first kappa shape index (κ1) is 14.8. The Morgan fingerprint density at radius 3 is 2.52 bits per heavy atom. The molecule has 0 atom stereocenters. The van der Waals surface area contributed by atoms with Crippen molar-refractivity contribution in [3.63, 3.8) is 0 Å². The molecule has 0 amide bonds. The SMILES string of the molecule is Cc1c([N+](=O)[O-])c(=O)n(-c2cccc(-c3cnn(C)c3)c2)n1C. The maximum absolute atomic E-state index is 12.4. The van der Waals surface area contributed by atoms with Gasteiger partial charge in [0.2, 0.25) is 0 Å². The van der Waals surface area contributed by atoms with Crippen LogP contribution in [0.4, 0.5) is 5.69 Å². The lowest BCUT2D eigenvalue weighted by atomic mass is 10.1. The molecule has 0 saturated carbocycles. The smallest absolute Gasteiger partial charge is 0.278 e. The van der Waals surface area contributed by atoms with Crippen LogP contribution in [-0.4, -0.2) is 24.1 Å². The highest BCUT2D eigenvalue weighted by atomic mass is 16.6. The average molecular weight is 313 g/mol. The Labute approximate surface area is 131 Å². The first-order chi connectivity index (χ1) is 10.9. The maximum atomic E-state index is 12.4. The van der Waals surface area contributed by atoms with Crippen molar-refractivity contribution in [3.05, 3.63) is 62.8 Å². The Bertz CT molecular complexity index is 964. The highest BCUT2D eigenvalue weighted by molar-refractivity contribution is 5.64. The topological polar surface area (TPSA) is 87.9 Å². The number of benzene rings is 1. The van der Waals surface area contributed by atoms with Gasteiger partial charge in [0.1, 0.15) is 5.69 Å². The van der Waals surface area contributed by atoms with Crippen molar-refractivity contribution in [1.82, 2.24) is 19.1 Å². The van der Waals surface area contributed by atoms with Crippen molar-refractivity contribution in [3.8, 4) is 16.8 Å². The van der Waals surface area contributed by atoms with E-state index in [0.29, 0.717) is 11.4 Å². The summed E-state index contributed by atoms with van der Waals surface area (Å²) in [5, 5.41) is 15.2. The second-order valence-electron chi connectivity index (χ2n) is 5.28. The molecular weight excluding hydrogens is 298 g/mol. The molecule has 8 heteroatoms. The number of hydrogen-bond acceptors (Lipinski definition) is 4. The molecule has 0 fully saturated rings. The molecule has 8 nitrogen and oxygen atoms in total. The summed E-state index contributed by atoms with van der Waals surface area (Å²) >= 11 is 0. The van der Waals surface area contributed by atoms with E-state index >= 15 is 0 Å². The van der Waals surface area contributed by atoms with Gasteiger partial charge in [-0.2, -0.15) is 5.10 Å². The fourth-order valence-electron chi connectivity index (χ4n) is 2.58. The molecule has 0 spiro atoms. The normalized spacial score (nSPS) is 10.9. The third kappa shape index (κ3) is 2.33. The lowest BCUT2D eigenvalue weighted by Crippen LogP contribution is -2.20. The summed E-state index contributed by atoms with van der Waals surface area (Å²) < 4.78 is 4.47. The Hall–Kier alpha value is -3.16. The van der Waals surface area contributed by atoms with Crippen molar-refractivity contribution in [1.29, 1.82) is 0 Å². The Morgan fingerprint density at radius 1 is 1.22 bits per heavy atom. The van der Waals surface area contributed by atoms with Crippen LogP contribution in [0, 0.1) is 17.0 Å². The van der Waals surface area contributed by atoms with Crippen molar-refractivity contribution in [2.24, 2.45) is 14.1 Å². The summed E-state index contributed by atoms with van der Waals surface area (Å²) in [7, 11) is 3.45. The zero-order chi connectivity index (χ0) is 16.7. The number of nitro groups is 1. The van der Waals surface area contributed by atoms with Gasteiger partial charge in [-0.05, 0) is 24.6 Å². The second-order valence-corrected chi connectivity index (χ2v) is 5.28. The van der Waals surface area contributed by atoms with Gasteiger partial charge >= 0.3 is 11.2 Å². The van der Waals surface area contributed by atoms with Crippen LogP contribution in [0.15, 0.2) is 41.5 Å². The standard InChI is InChI=1S/C15H15N5O3/c1-10-14(20(22)23)15(21)19(18(10)3)13-6-4-5-11(7-13)12-8-16-17(2)9-12/h4-9H,1-3H3. The summed E-state index contributed by atoms with van der Waals surface area (Å²) in [6.45, 7) is 1.56. The van der Waals surface area contributed by atoms with E-state index in [4.69, 9.17) is 0 Å². The van der Waals surface area contributed by atoms with E-state index in [9.17, 15) is 14.9 Å². The number of aromatic nitrogens is 4. The Morgan fingerprint density at radius 2 is 1.96 bits per heavy atom. The van der Waals surface area contributed by atoms with Gasteiger partial charge in [0.15, 0.2) is 0 Å². The summed E-state index contributed by atoms with van der Waals surface area (Å²) in [6.07, 6.45) is 3.58. The largest absolute Gasteiger partial charge is 0.356 e. The minimum Gasteiger partial charge on any atom is -0.278 e. The summed E-state index contributed by atoms with van der Waals surface area (Å²) in [6, 6.07) is 7.25. The van der Waals surface area contributed by atoms with Crippen LogP contribution in [0.1, 0.15) is 5.69 Å². The van der Waals surface area contributed by atoms with Crippen molar-refractivity contribution in [2.45, 2.75) is 6.92 Å². The third-order valence-corrected chi connectivity index (χ3v) is 3.83. The zero-order valence-electron chi connectivity index (χ0n) is 12.9. The van der Waals surface area contributed by atoms with Crippen LogP contribution in [0.25, 0.3) is 16.8 Å². The van der Waals surface area contributed by atoms with Gasteiger partial charge in [-0.25, -0.2) is 4.68 Å². The lowest BCUT2D eigenvalue weighted by Gasteiger charge is -2.08. The third-order valence-electron chi connectivity index (χ3n) is 3.83. The van der Waals surface area contributed by atoms with Gasteiger partial charge in [-0.15, -0.1) is 0 Å². The molecule has 0 aliphatic carbocycles. The van der Waals surface area contributed by atoms with E-state index < -0.39 is 16.2 Å². The number of aryl methyl sites for hydroxylation is 1. The van der Waals surface area contributed by atoms with Gasteiger partial charge in [0.25, 0.3) is 0 Å². The van der Waals surface area contributed by atoms with Crippen LogP contribution in [0.5, 0.6) is 0 Å². The highest BCUT2D eigenvalue weighted by Crippen LogP contribution is 2.22. The molecule has 3 aromatic rings. The molecule has 0 unspecified atom stereocenters. The molecule has 3 rings (SSSR count). The van der Waals surface area contributed by atoms with Crippen molar-refractivity contribution in [2.75, 3.05) is 0 Å². The molecule has 0 aliphatic rings. The van der Waals surface area contributed by atoms with Gasteiger partial charge in [0, 0.05) is 25.9 Å². The van der Waals surface area contributed by atoms with Gasteiger partial charge in [-0.3, -0.25) is 24.3 Å². The van der Waals surface area contributed by atoms with E-state index in [-0.39, 0.29) is 0 Å². The second kappa shape index (κ2) is 5.24. The minimum absolute atomic E-state index is 0.312. The summed E-state index contributed by atoms with van der Waals surface area (Å²) in [4.78, 5) is 22.8. The monoisotopic (exact) mass is 313 g/mol. The summed E-state index contributed by atoms with van der Waals surface area (Å²) in [5.41, 5.74) is 1.62. The van der Waals surface area contributed by atoms with E-state index in [1.807, 2.05) is 25.4 Å². The summed E-state index contributed by atoms with van der Waals surface area (Å²) in [5.74, 6) is 0. The van der Waals surface area contributed by atoms with E-state index in [2.05, 4.69) is 5.10 Å². The van der Waals surface area contributed by atoms with Crippen LogP contribution < -0.4 is 5.56 Å². The molecule has 0 bridgehead atoms. The molecule has 0 N–H and O–H groups in total. The molecule has 23 heavy (non-hydrogen) atoms. The minimum atomic E-state index is -0.640. The number of rotatable bonds is 3. The first-order valence-electron chi connectivity index (χ1n) is 6.92. The van der Waals surface area contributed by atoms with E-state index in [1.54, 1.807) is 37.0 Å². The Balaban J connectivity index is 2.19. The van der Waals surface area contributed by atoms with Crippen LogP contribution in [0.2, 0.25) is 0 Å². The fourth-order valence-corrected chi connectivity index (χ4v) is 2.58. The molecule has 0 radical (unpaired) electrons. The highest BCUT2D eigenvalue weighted by Gasteiger charge is 2.25. The van der Waals surface area contributed by atoms with Gasteiger partial charge in [0.05, 0.1) is 16.8 Å². The number of nitrogens with zero attached hydrogens (tertiary/aromatic N) is 5. The quantitative estimate of drug-likeness (QED) is 0.545. The molecule has 118 valence electrons. The Kier molecular flexibility index (Phi) is 3.36. The van der Waals surface area contributed by atoms with Crippen LogP contribution in [-0.2, 0) is 14.1 Å². The molecule has 2 heterocycles. The van der Waals surface area contributed by atoms with E-state index in [1.165, 1.54) is 9.36 Å². The van der Waals surface area contributed by atoms with Gasteiger partial charge < -0.3 is 0 Å². The predicted molar refractivity (Wildman–Crippen MR) is 84.6 cm³/mol. The fraction of sp³-hybridized carbons (Fsp3) is 0.200. The first-order valence-corrected chi connectivity index (χ1v) is 6.92. The van der Waals surface area contributed by atoms with Crippen LogP contribution in [0.3, 0.4) is 0 Å². The molecule has 2 aromatic heterocycles. The number of hydrogen-bond donors (Lipinski definition) is 0. The molecule has 1 aromatic carbocycles. The van der Waals surface area contributed by atoms with E-state index in [0.717, 1.165) is 11.1 Å². The molecular formula is C15H15N5O3. The maximum Gasteiger partial charge on any atom is 0.356 e. The molecule has 0 aliphatic heterocycles. The zero-order valence-corrected chi connectivity index (χ0v) is 12.9. The van der Waals surface area contributed by atoms with Crippen molar-refractivity contribution >= 4 is 5.69 Å². The van der Waals surface area contributed by atoms with Crippen LogP contribution >= 0.6 is 0 Å². The average Bonchev–Trinajstić information content (AvgIpc) is 3.02. The van der Waals surface area contributed by atoms with Gasteiger partial charge in [-0.1, -0.05) is 12.1 Å². The lowest BCUT2D eigenvalue weighted by molar-refractivity contribution is -0.386. The van der Waals surface area contributed by atoms with Crippen molar-refractivity contribution < 1.29 is 4.92 Å². The molecule has 0 saturated heterocycles.